The van der Waals surface area contributed by atoms with Gasteiger partial charge in [0.25, 0.3) is 0 Å². The zero-order valence-electron chi connectivity index (χ0n) is 15.6. The Balaban J connectivity index is 2.01. The fraction of sp³-hybridized carbons (Fsp3) is 0.412. The van der Waals surface area contributed by atoms with Crippen molar-refractivity contribution in [3.8, 4) is 5.75 Å². The number of methoxy groups -OCH3 is 1. The molecule has 1 atom stereocenters. The van der Waals surface area contributed by atoms with Gasteiger partial charge >= 0.3 is 0 Å². The number of rotatable bonds is 7. The lowest BCUT2D eigenvalue weighted by Crippen LogP contribution is -2.23. The zero-order valence-corrected chi connectivity index (χ0v) is 16.4. The van der Waals surface area contributed by atoms with Gasteiger partial charge < -0.3 is 20.7 Å². The monoisotopic (exact) mass is 376 g/mol. The van der Waals surface area contributed by atoms with Crippen LogP contribution in [0.3, 0.4) is 0 Å². The lowest BCUT2D eigenvalue weighted by molar-refractivity contribution is -0.115. The Labute approximate surface area is 157 Å². The number of amides is 1. The van der Waals surface area contributed by atoms with Gasteiger partial charge in [-0.25, -0.2) is 0 Å². The van der Waals surface area contributed by atoms with Crippen LogP contribution in [-0.2, 0) is 10.5 Å². The highest BCUT2D eigenvalue weighted by molar-refractivity contribution is 7.99. The van der Waals surface area contributed by atoms with Crippen molar-refractivity contribution in [3.05, 3.63) is 29.6 Å². The predicted molar refractivity (Wildman–Crippen MR) is 106 cm³/mol. The summed E-state index contributed by atoms with van der Waals surface area (Å²) in [6.07, 6.45) is 0. The largest absolute Gasteiger partial charge is 0.495 e. The van der Waals surface area contributed by atoms with Gasteiger partial charge in [-0.3, -0.25) is 4.79 Å². The molecular formula is C17H24N6O2S. The molecule has 26 heavy (non-hydrogen) atoms. The summed E-state index contributed by atoms with van der Waals surface area (Å²) in [6.45, 7) is 3.79. The maximum absolute atomic E-state index is 12.5. The van der Waals surface area contributed by atoms with E-state index in [1.54, 1.807) is 12.0 Å². The van der Waals surface area contributed by atoms with Crippen LogP contribution in [0, 0.1) is 6.92 Å². The van der Waals surface area contributed by atoms with Crippen LogP contribution in [0.1, 0.15) is 18.3 Å². The highest BCUT2D eigenvalue weighted by atomic mass is 32.2. The second-order valence-corrected chi connectivity index (χ2v) is 7.28. The first kappa shape index (κ1) is 19.8. The summed E-state index contributed by atoms with van der Waals surface area (Å²) >= 11 is 1.42. The number of hydrogen-bond donors (Lipinski definition) is 2. The second-order valence-electron chi connectivity index (χ2n) is 5.95. The number of hydrogen-bond acceptors (Lipinski definition) is 8. The molecule has 2 rings (SSSR count). The number of nitrogens with one attached hydrogen (secondary N) is 1. The second kappa shape index (κ2) is 8.70. The SMILES string of the molecule is COc1ccc(C)cc1NC(=O)C(C)SCc1nc(N)nc(N(C)C)n1. The molecule has 0 saturated carbocycles. The Morgan fingerprint density at radius 2 is 2.08 bits per heavy atom. The van der Waals surface area contributed by atoms with Gasteiger partial charge in [0, 0.05) is 14.1 Å². The molecule has 1 unspecified atom stereocenters. The predicted octanol–water partition coefficient (Wildman–Crippen LogP) is 2.10. The van der Waals surface area contributed by atoms with Crippen molar-refractivity contribution in [2.24, 2.45) is 0 Å². The standard InChI is InChI=1S/C17H24N6O2S/c1-10-6-7-13(25-5)12(8-10)19-15(24)11(2)26-9-14-20-16(18)22-17(21-14)23(3)4/h6-8,11H,9H2,1-5H3,(H,19,24)(H2,18,20,21,22). The van der Waals surface area contributed by atoms with Gasteiger partial charge in [0.15, 0.2) is 0 Å². The summed E-state index contributed by atoms with van der Waals surface area (Å²) in [6, 6.07) is 5.64. The summed E-state index contributed by atoms with van der Waals surface area (Å²) in [4.78, 5) is 26.8. The molecule has 8 nitrogen and oxygen atoms in total. The average molecular weight is 376 g/mol. The van der Waals surface area contributed by atoms with E-state index in [1.165, 1.54) is 11.8 Å². The minimum Gasteiger partial charge on any atom is -0.495 e. The average Bonchev–Trinajstić information content (AvgIpc) is 2.59. The van der Waals surface area contributed by atoms with Gasteiger partial charge in [0.2, 0.25) is 17.8 Å². The molecule has 140 valence electrons. The lowest BCUT2D eigenvalue weighted by atomic mass is 10.2. The smallest absolute Gasteiger partial charge is 0.237 e. The van der Waals surface area contributed by atoms with Crippen molar-refractivity contribution in [1.82, 2.24) is 15.0 Å². The molecule has 1 aromatic heterocycles. The molecule has 0 saturated heterocycles. The van der Waals surface area contributed by atoms with Crippen LogP contribution in [-0.4, -0.2) is 47.3 Å². The molecule has 0 fully saturated rings. The van der Waals surface area contributed by atoms with E-state index in [2.05, 4.69) is 20.3 Å². The molecule has 0 spiro atoms. The maximum Gasteiger partial charge on any atom is 0.237 e. The van der Waals surface area contributed by atoms with Crippen LogP contribution in [0.15, 0.2) is 18.2 Å². The Morgan fingerprint density at radius 1 is 1.35 bits per heavy atom. The fourth-order valence-electron chi connectivity index (χ4n) is 2.12. The Morgan fingerprint density at radius 3 is 2.73 bits per heavy atom. The normalized spacial score (nSPS) is 11.7. The number of nitrogens with zero attached hydrogens (tertiary/aromatic N) is 4. The molecule has 0 aliphatic rings. The van der Waals surface area contributed by atoms with Gasteiger partial charge in [0.05, 0.1) is 23.8 Å². The van der Waals surface area contributed by atoms with Crippen molar-refractivity contribution in [2.45, 2.75) is 24.9 Å². The Kier molecular flexibility index (Phi) is 6.62. The highest BCUT2D eigenvalue weighted by Crippen LogP contribution is 2.26. The van der Waals surface area contributed by atoms with E-state index in [-0.39, 0.29) is 17.1 Å². The molecule has 0 aliphatic carbocycles. The van der Waals surface area contributed by atoms with Crippen LogP contribution < -0.4 is 20.7 Å². The number of ether oxygens (including phenoxy) is 1. The summed E-state index contributed by atoms with van der Waals surface area (Å²) in [7, 11) is 5.24. The molecule has 9 heteroatoms. The number of nitrogen functional groups attached to an aromatic ring is 1. The van der Waals surface area contributed by atoms with Gasteiger partial charge in [-0.05, 0) is 31.5 Å². The van der Waals surface area contributed by atoms with E-state index in [0.717, 1.165) is 5.56 Å². The summed E-state index contributed by atoms with van der Waals surface area (Å²) < 4.78 is 5.29. The van der Waals surface area contributed by atoms with Crippen LogP contribution in [0.4, 0.5) is 17.6 Å². The third kappa shape index (κ3) is 5.22. The number of aromatic nitrogens is 3. The molecule has 1 amide bonds. The quantitative estimate of drug-likeness (QED) is 0.757. The van der Waals surface area contributed by atoms with Gasteiger partial charge in [-0.2, -0.15) is 15.0 Å². The van der Waals surface area contributed by atoms with Crippen LogP contribution >= 0.6 is 11.8 Å². The molecule has 3 N–H and O–H groups in total. The van der Waals surface area contributed by atoms with Crippen molar-refractivity contribution in [2.75, 3.05) is 37.2 Å². The first-order valence-corrected chi connectivity index (χ1v) is 9.10. The van der Waals surface area contributed by atoms with Crippen molar-refractivity contribution < 1.29 is 9.53 Å². The summed E-state index contributed by atoms with van der Waals surface area (Å²) in [5.41, 5.74) is 7.42. The number of thioether (sulfide) groups is 1. The summed E-state index contributed by atoms with van der Waals surface area (Å²) in [5.74, 6) is 2.16. The highest BCUT2D eigenvalue weighted by Gasteiger charge is 2.17. The number of aryl methyl sites for hydroxylation is 1. The minimum atomic E-state index is -0.305. The first-order valence-electron chi connectivity index (χ1n) is 8.05. The third-order valence-electron chi connectivity index (χ3n) is 3.53. The number of carbonyl (C=O) groups excluding carboxylic acids is 1. The van der Waals surface area contributed by atoms with E-state index in [4.69, 9.17) is 10.5 Å². The van der Waals surface area contributed by atoms with Crippen LogP contribution in [0.5, 0.6) is 5.75 Å². The van der Waals surface area contributed by atoms with E-state index in [9.17, 15) is 4.79 Å². The van der Waals surface area contributed by atoms with E-state index in [0.29, 0.717) is 29.0 Å². The molecule has 1 heterocycles. The van der Waals surface area contributed by atoms with Crippen molar-refractivity contribution in [1.29, 1.82) is 0 Å². The first-order chi connectivity index (χ1) is 12.3. The molecule has 2 aromatic rings. The molecule has 1 aromatic carbocycles. The maximum atomic E-state index is 12.5. The van der Waals surface area contributed by atoms with Crippen LogP contribution in [0.2, 0.25) is 0 Å². The van der Waals surface area contributed by atoms with Crippen molar-refractivity contribution in [3.63, 3.8) is 0 Å². The summed E-state index contributed by atoms with van der Waals surface area (Å²) in [5, 5.41) is 2.60. The third-order valence-corrected chi connectivity index (χ3v) is 4.67. The molecule has 0 bridgehead atoms. The van der Waals surface area contributed by atoms with Gasteiger partial charge in [-0.15, -0.1) is 11.8 Å². The van der Waals surface area contributed by atoms with Gasteiger partial charge in [-0.1, -0.05) is 6.07 Å². The van der Waals surface area contributed by atoms with Crippen LogP contribution in [0.25, 0.3) is 0 Å². The Bertz CT molecular complexity index is 784. The number of benzene rings is 1. The number of anilines is 3. The molecule has 0 radical (unpaired) electrons. The fourth-order valence-corrected chi connectivity index (χ4v) is 2.86. The van der Waals surface area contributed by atoms with E-state index < -0.39 is 0 Å². The molecular weight excluding hydrogens is 352 g/mol. The topological polar surface area (TPSA) is 106 Å². The van der Waals surface area contributed by atoms with E-state index >= 15 is 0 Å². The van der Waals surface area contributed by atoms with Gasteiger partial charge in [0.1, 0.15) is 11.6 Å². The van der Waals surface area contributed by atoms with E-state index in [1.807, 2.05) is 46.1 Å². The zero-order chi connectivity index (χ0) is 19.3. The number of nitrogens with two attached hydrogens (primary N) is 1. The van der Waals surface area contributed by atoms with Crippen molar-refractivity contribution >= 4 is 35.3 Å². The molecule has 0 aliphatic heterocycles. The Hall–Kier alpha value is -2.55. The lowest BCUT2D eigenvalue weighted by Gasteiger charge is -2.15. The number of carbonyl (C=O) groups is 1. The minimum absolute atomic E-state index is 0.117.